The molecule has 0 aromatic carbocycles. The first-order valence-electron chi connectivity index (χ1n) is 6.09. The van der Waals surface area contributed by atoms with Crippen molar-refractivity contribution >= 4 is 11.6 Å². The number of halogens is 1. The third kappa shape index (κ3) is 2.09. The number of rotatable bonds is 4. The van der Waals surface area contributed by atoms with Gasteiger partial charge in [-0.15, -0.1) is 0 Å². The molecule has 2 rings (SSSR count). The monoisotopic (exact) mass is 258 g/mol. The minimum absolute atomic E-state index is 0.489. The highest BCUT2D eigenvalue weighted by Gasteiger charge is 2.43. The normalized spacial score (nSPS) is 20.7. The molecule has 0 radical (unpaired) electrons. The van der Waals surface area contributed by atoms with E-state index in [1.165, 1.54) is 0 Å². The third-order valence-corrected chi connectivity index (χ3v) is 4.04. The first-order valence-corrected chi connectivity index (χ1v) is 6.47. The summed E-state index contributed by atoms with van der Waals surface area (Å²) >= 11 is 6.12. The van der Waals surface area contributed by atoms with E-state index in [-0.39, 0.29) is 0 Å². The van der Waals surface area contributed by atoms with Gasteiger partial charge in [0.2, 0.25) is 0 Å². The molecule has 0 spiro atoms. The lowest BCUT2D eigenvalue weighted by atomic mass is 9.92. The summed E-state index contributed by atoms with van der Waals surface area (Å²) in [5.74, 6) is 0. The molecule has 17 heavy (non-hydrogen) atoms. The number of ether oxygens (including phenoxy) is 1. The van der Waals surface area contributed by atoms with Crippen molar-refractivity contribution in [2.45, 2.75) is 50.9 Å². The maximum absolute atomic E-state index is 10.6. The molecule has 1 aliphatic carbocycles. The zero-order valence-electron chi connectivity index (χ0n) is 10.3. The van der Waals surface area contributed by atoms with Gasteiger partial charge in [0.25, 0.3) is 0 Å². The maximum Gasteiger partial charge on any atom is 0.126 e. The van der Waals surface area contributed by atoms with Gasteiger partial charge in [-0.2, -0.15) is 5.10 Å². The Morgan fingerprint density at radius 3 is 2.76 bits per heavy atom. The van der Waals surface area contributed by atoms with Crippen molar-refractivity contribution < 1.29 is 9.84 Å². The van der Waals surface area contributed by atoms with E-state index in [1.807, 2.05) is 6.92 Å². The molecule has 96 valence electrons. The molecule has 0 amide bonds. The molecule has 4 nitrogen and oxygen atoms in total. The predicted molar refractivity (Wildman–Crippen MR) is 66.1 cm³/mol. The SMILES string of the molecule is CCn1ncc(Cl)c1C(O)C1(OC)CCCC1. The summed E-state index contributed by atoms with van der Waals surface area (Å²) in [5.41, 5.74) is 0.189. The van der Waals surface area contributed by atoms with E-state index in [2.05, 4.69) is 5.10 Å². The molecule has 1 atom stereocenters. The van der Waals surface area contributed by atoms with Crippen LogP contribution in [0.1, 0.15) is 44.4 Å². The molecule has 1 heterocycles. The van der Waals surface area contributed by atoms with Crippen molar-refractivity contribution in [3.8, 4) is 0 Å². The van der Waals surface area contributed by atoms with E-state index in [0.29, 0.717) is 17.3 Å². The number of nitrogens with zero attached hydrogens (tertiary/aromatic N) is 2. The first-order chi connectivity index (χ1) is 8.14. The van der Waals surface area contributed by atoms with Crippen molar-refractivity contribution in [1.82, 2.24) is 9.78 Å². The second-order valence-electron chi connectivity index (χ2n) is 4.57. The molecule has 1 aliphatic rings. The molecule has 1 fully saturated rings. The Hall–Kier alpha value is -0.580. The summed E-state index contributed by atoms with van der Waals surface area (Å²) in [7, 11) is 1.66. The lowest BCUT2D eigenvalue weighted by Gasteiger charge is -2.33. The minimum Gasteiger partial charge on any atom is -0.384 e. The summed E-state index contributed by atoms with van der Waals surface area (Å²) in [4.78, 5) is 0. The van der Waals surface area contributed by atoms with Crippen LogP contribution in [0.15, 0.2) is 6.20 Å². The fourth-order valence-corrected chi connectivity index (χ4v) is 2.95. The van der Waals surface area contributed by atoms with Crippen LogP contribution >= 0.6 is 11.6 Å². The molecule has 1 N–H and O–H groups in total. The third-order valence-electron chi connectivity index (χ3n) is 3.75. The summed E-state index contributed by atoms with van der Waals surface area (Å²) in [6.45, 7) is 2.67. The van der Waals surface area contributed by atoms with E-state index < -0.39 is 11.7 Å². The van der Waals surface area contributed by atoms with Gasteiger partial charge in [0.05, 0.1) is 22.5 Å². The van der Waals surface area contributed by atoms with Crippen molar-refractivity contribution in [3.05, 3.63) is 16.9 Å². The molecular formula is C12H19ClN2O2. The van der Waals surface area contributed by atoms with Gasteiger partial charge in [0.1, 0.15) is 6.10 Å². The van der Waals surface area contributed by atoms with Crippen LogP contribution in [0.2, 0.25) is 5.02 Å². The van der Waals surface area contributed by atoms with Crippen LogP contribution in [-0.4, -0.2) is 27.6 Å². The average Bonchev–Trinajstić information content (AvgIpc) is 2.95. The Kier molecular flexibility index (Phi) is 3.76. The summed E-state index contributed by atoms with van der Waals surface area (Å²) in [6, 6.07) is 0. The Morgan fingerprint density at radius 1 is 1.59 bits per heavy atom. The quantitative estimate of drug-likeness (QED) is 0.903. The van der Waals surface area contributed by atoms with Crippen LogP contribution in [0.25, 0.3) is 0 Å². The molecule has 0 aliphatic heterocycles. The van der Waals surface area contributed by atoms with E-state index in [1.54, 1.807) is 18.0 Å². The standard InChI is InChI=1S/C12H19ClN2O2/c1-3-15-10(9(13)8-14-15)11(16)12(17-2)6-4-5-7-12/h8,11,16H,3-7H2,1-2H3. The lowest BCUT2D eigenvalue weighted by Crippen LogP contribution is -2.36. The molecular weight excluding hydrogens is 240 g/mol. The number of methoxy groups -OCH3 is 1. The van der Waals surface area contributed by atoms with Crippen LogP contribution in [0.4, 0.5) is 0 Å². The topological polar surface area (TPSA) is 47.3 Å². The van der Waals surface area contributed by atoms with Crippen LogP contribution in [0.5, 0.6) is 0 Å². The predicted octanol–water partition coefficient (Wildman–Crippen LogP) is 2.55. The zero-order chi connectivity index (χ0) is 12.5. The summed E-state index contributed by atoms with van der Waals surface area (Å²) < 4.78 is 7.33. The fourth-order valence-electron chi connectivity index (χ4n) is 2.71. The smallest absolute Gasteiger partial charge is 0.126 e. The Labute approximate surface area is 107 Å². The maximum atomic E-state index is 10.6. The molecule has 5 heteroatoms. The van der Waals surface area contributed by atoms with Crippen molar-refractivity contribution in [3.63, 3.8) is 0 Å². The minimum atomic E-state index is -0.704. The van der Waals surface area contributed by atoms with Gasteiger partial charge in [-0.05, 0) is 19.8 Å². The van der Waals surface area contributed by atoms with Gasteiger partial charge < -0.3 is 9.84 Å². The van der Waals surface area contributed by atoms with Crippen LogP contribution in [0, 0.1) is 0 Å². The Bertz CT molecular complexity index is 386. The summed E-state index contributed by atoms with van der Waals surface area (Å²) in [6.07, 6.45) is 4.80. The number of aryl methyl sites for hydroxylation is 1. The van der Waals surface area contributed by atoms with Crippen molar-refractivity contribution in [1.29, 1.82) is 0 Å². The molecule has 1 unspecified atom stereocenters. The number of aromatic nitrogens is 2. The van der Waals surface area contributed by atoms with Crippen molar-refractivity contribution in [2.75, 3.05) is 7.11 Å². The average molecular weight is 259 g/mol. The second-order valence-corrected chi connectivity index (χ2v) is 4.98. The van der Waals surface area contributed by atoms with Crippen LogP contribution in [-0.2, 0) is 11.3 Å². The number of aliphatic hydroxyl groups excluding tert-OH is 1. The largest absolute Gasteiger partial charge is 0.384 e. The highest BCUT2D eigenvalue weighted by Crippen LogP contribution is 2.43. The molecule has 1 aromatic rings. The fraction of sp³-hybridized carbons (Fsp3) is 0.750. The zero-order valence-corrected chi connectivity index (χ0v) is 11.1. The first kappa shape index (κ1) is 12.9. The van der Waals surface area contributed by atoms with Crippen LogP contribution in [0.3, 0.4) is 0 Å². The van der Waals surface area contributed by atoms with E-state index in [0.717, 1.165) is 25.7 Å². The molecule has 1 saturated carbocycles. The van der Waals surface area contributed by atoms with Gasteiger partial charge in [-0.3, -0.25) is 4.68 Å². The highest BCUT2D eigenvalue weighted by molar-refractivity contribution is 6.31. The Morgan fingerprint density at radius 2 is 2.24 bits per heavy atom. The lowest BCUT2D eigenvalue weighted by molar-refractivity contribution is -0.103. The van der Waals surface area contributed by atoms with E-state index in [4.69, 9.17) is 16.3 Å². The van der Waals surface area contributed by atoms with E-state index in [9.17, 15) is 5.11 Å². The highest BCUT2D eigenvalue weighted by atomic mass is 35.5. The van der Waals surface area contributed by atoms with Gasteiger partial charge >= 0.3 is 0 Å². The Balaban J connectivity index is 2.35. The van der Waals surface area contributed by atoms with Gasteiger partial charge in [0.15, 0.2) is 0 Å². The number of aliphatic hydroxyl groups is 1. The van der Waals surface area contributed by atoms with Gasteiger partial charge in [-0.1, -0.05) is 24.4 Å². The van der Waals surface area contributed by atoms with Crippen LogP contribution < -0.4 is 0 Å². The summed E-state index contributed by atoms with van der Waals surface area (Å²) in [5, 5.41) is 15.3. The van der Waals surface area contributed by atoms with Gasteiger partial charge in [0, 0.05) is 13.7 Å². The van der Waals surface area contributed by atoms with E-state index >= 15 is 0 Å². The molecule has 0 bridgehead atoms. The van der Waals surface area contributed by atoms with Gasteiger partial charge in [-0.25, -0.2) is 0 Å². The molecule has 1 aromatic heterocycles. The number of hydrogen-bond acceptors (Lipinski definition) is 3. The second kappa shape index (κ2) is 4.96. The molecule has 0 saturated heterocycles. The van der Waals surface area contributed by atoms with Crippen molar-refractivity contribution in [2.24, 2.45) is 0 Å². The number of hydrogen-bond donors (Lipinski definition) is 1.